The summed E-state index contributed by atoms with van der Waals surface area (Å²) in [6.45, 7) is 2.02. The fourth-order valence-corrected chi connectivity index (χ4v) is 2.63. The molecule has 3 N–H and O–H groups in total. The number of nitrogen functional groups attached to an aromatic ring is 1. The molecular weight excluding hydrogens is 270 g/mol. The Morgan fingerprint density at radius 2 is 2.17 bits per heavy atom. The maximum atomic E-state index is 6.08. The molecule has 94 valence electrons. The number of rotatable bonds is 4. The van der Waals surface area contributed by atoms with Gasteiger partial charge in [0.15, 0.2) is 0 Å². The van der Waals surface area contributed by atoms with Gasteiger partial charge >= 0.3 is 0 Å². The molecule has 0 aliphatic carbocycles. The minimum Gasteiger partial charge on any atom is -0.308 e. The van der Waals surface area contributed by atoms with Crippen LogP contribution in [0.5, 0.6) is 0 Å². The number of halogens is 1. The Kier molecular flexibility index (Phi) is 4.35. The molecule has 0 spiro atoms. The van der Waals surface area contributed by atoms with Crippen molar-refractivity contribution in [3.63, 3.8) is 0 Å². The molecule has 0 aliphatic rings. The summed E-state index contributed by atoms with van der Waals surface area (Å²) in [5.41, 5.74) is 3.52. The number of hydrogen-bond acceptors (Lipinski definition) is 6. The first-order valence-electron chi connectivity index (χ1n) is 5.35. The van der Waals surface area contributed by atoms with Gasteiger partial charge < -0.3 is 5.43 Å². The molecular formula is C11H12ClN5S. The lowest BCUT2D eigenvalue weighted by atomic mass is 10.2. The smallest absolute Gasteiger partial charge is 0.147 e. The van der Waals surface area contributed by atoms with E-state index in [0.717, 1.165) is 22.0 Å². The van der Waals surface area contributed by atoms with Crippen molar-refractivity contribution in [3.05, 3.63) is 35.2 Å². The number of pyridine rings is 1. The summed E-state index contributed by atoms with van der Waals surface area (Å²) in [7, 11) is 0. The first kappa shape index (κ1) is 13.1. The van der Waals surface area contributed by atoms with Crippen molar-refractivity contribution in [2.45, 2.75) is 23.4 Å². The normalized spacial score (nSPS) is 10.4. The van der Waals surface area contributed by atoms with E-state index >= 15 is 0 Å². The highest BCUT2D eigenvalue weighted by atomic mass is 35.5. The zero-order valence-corrected chi connectivity index (χ0v) is 11.3. The van der Waals surface area contributed by atoms with Crippen molar-refractivity contribution in [1.82, 2.24) is 15.0 Å². The highest BCUT2D eigenvalue weighted by Crippen LogP contribution is 2.33. The van der Waals surface area contributed by atoms with Gasteiger partial charge in [-0.15, -0.1) is 0 Å². The monoisotopic (exact) mass is 281 g/mol. The molecule has 0 radical (unpaired) electrons. The number of nitrogens with two attached hydrogens (primary N) is 1. The van der Waals surface area contributed by atoms with Gasteiger partial charge in [0.05, 0.1) is 5.02 Å². The molecule has 0 unspecified atom stereocenters. The van der Waals surface area contributed by atoms with Crippen molar-refractivity contribution >= 4 is 29.2 Å². The Bertz CT molecular complexity index is 549. The molecule has 2 aromatic rings. The molecule has 0 aliphatic heterocycles. The molecule has 0 aromatic carbocycles. The molecule has 2 rings (SSSR count). The van der Waals surface area contributed by atoms with E-state index in [9.17, 15) is 0 Å². The minimum atomic E-state index is 0.602. The lowest BCUT2D eigenvalue weighted by Gasteiger charge is -2.10. The Morgan fingerprint density at radius 1 is 1.33 bits per heavy atom. The third kappa shape index (κ3) is 2.72. The number of anilines is 1. The molecule has 2 aromatic heterocycles. The molecule has 0 bridgehead atoms. The summed E-state index contributed by atoms with van der Waals surface area (Å²) in [4.78, 5) is 12.6. The van der Waals surface area contributed by atoms with Gasteiger partial charge in [-0.05, 0) is 30.3 Å². The quantitative estimate of drug-likeness (QED) is 0.509. The molecule has 0 saturated carbocycles. The second-order valence-electron chi connectivity index (χ2n) is 3.40. The van der Waals surface area contributed by atoms with Crippen molar-refractivity contribution in [2.24, 2.45) is 5.84 Å². The van der Waals surface area contributed by atoms with Crippen LogP contribution < -0.4 is 11.3 Å². The Hall–Kier alpha value is -1.37. The van der Waals surface area contributed by atoms with E-state index in [-0.39, 0.29) is 0 Å². The van der Waals surface area contributed by atoms with Gasteiger partial charge in [0, 0.05) is 11.8 Å². The summed E-state index contributed by atoms with van der Waals surface area (Å²) < 4.78 is 0. The van der Waals surface area contributed by atoms with Crippen LogP contribution in [-0.4, -0.2) is 15.0 Å². The number of nitrogens with zero attached hydrogens (tertiary/aromatic N) is 3. The van der Waals surface area contributed by atoms with Crippen LogP contribution in [0.3, 0.4) is 0 Å². The van der Waals surface area contributed by atoms with Crippen LogP contribution in [0.1, 0.15) is 12.5 Å². The fourth-order valence-electron chi connectivity index (χ4n) is 1.47. The van der Waals surface area contributed by atoms with E-state index in [1.165, 1.54) is 18.1 Å². The van der Waals surface area contributed by atoms with Crippen molar-refractivity contribution in [3.8, 4) is 0 Å². The number of hydrogen-bond donors (Lipinski definition) is 2. The molecule has 0 amide bonds. The zero-order chi connectivity index (χ0) is 13.0. The Labute approximate surface area is 114 Å². The topological polar surface area (TPSA) is 76.7 Å². The summed E-state index contributed by atoms with van der Waals surface area (Å²) in [5.74, 6) is 6.05. The summed E-state index contributed by atoms with van der Waals surface area (Å²) in [6, 6.07) is 3.59. The van der Waals surface area contributed by atoms with Crippen LogP contribution in [0.15, 0.2) is 34.7 Å². The van der Waals surface area contributed by atoms with E-state index in [1.54, 1.807) is 18.3 Å². The lowest BCUT2D eigenvalue weighted by molar-refractivity contribution is 0.938. The predicted octanol–water partition coefficient (Wildman–Crippen LogP) is 2.52. The standard InChI is InChI=1S/C11H12ClN5S/c1-2-7-9(17-13)15-6-16-10(7)18-11-8(12)4-3-5-14-11/h3-6H,2,13H2,1H3,(H,15,16,17). The lowest BCUT2D eigenvalue weighted by Crippen LogP contribution is -2.12. The summed E-state index contributed by atoms with van der Waals surface area (Å²) >= 11 is 7.48. The molecule has 5 nitrogen and oxygen atoms in total. The van der Waals surface area contributed by atoms with Gasteiger partial charge in [0.2, 0.25) is 0 Å². The average molecular weight is 282 g/mol. The van der Waals surface area contributed by atoms with Crippen LogP contribution in [-0.2, 0) is 6.42 Å². The highest BCUT2D eigenvalue weighted by molar-refractivity contribution is 7.99. The van der Waals surface area contributed by atoms with E-state index < -0.39 is 0 Å². The van der Waals surface area contributed by atoms with Crippen molar-refractivity contribution in [1.29, 1.82) is 0 Å². The van der Waals surface area contributed by atoms with Crippen LogP contribution in [0.25, 0.3) is 0 Å². The van der Waals surface area contributed by atoms with Crippen LogP contribution in [0, 0.1) is 0 Å². The van der Waals surface area contributed by atoms with Gasteiger partial charge in [-0.2, -0.15) is 0 Å². The third-order valence-electron chi connectivity index (χ3n) is 2.31. The summed E-state index contributed by atoms with van der Waals surface area (Å²) in [6.07, 6.45) is 3.93. The Morgan fingerprint density at radius 3 is 2.83 bits per heavy atom. The van der Waals surface area contributed by atoms with Gasteiger partial charge in [-0.25, -0.2) is 20.8 Å². The van der Waals surface area contributed by atoms with Crippen LogP contribution in [0.4, 0.5) is 5.82 Å². The van der Waals surface area contributed by atoms with E-state index in [2.05, 4.69) is 20.4 Å². The minimum absolute atomic E-state index is 0.602. The maximum absolute atomic E-state index is 6.08. The highest BCUT2D eigenvalue weighted by Gasteiger charge is 2.12. The summed E-state index contributed by atoms with van der Waals surface area (Å²) in [5, 5.41) is 2.13. The number of nitrogens with one attached hydrogen (secondary N) is 1. The van der Waals surface area contributed by atoms with Gasteiger partial charge in [-0.1, -0.05) is 18.5 Å². The number of aromatic nitrogens is 3. The van der Waals surface area contributed by atoms with Gasteiger partial charge in [0.25, 0.3) is 0 Å². The first-order valence-corrected chi connectivity index (χ1v) is 6.54. The van der Waals surface area contributed by atoms with Crippen molar-refractivity contribution < 1.29 is 0 Å². The first-order chi connectivity index (χ1) is 8.76. The predicted molar refractivity (Wildman–Crippen MR) is 72.6 cm³/mol. The second kappa shape index (κ2) is 5.99. The van der Waals surface area contributed by atoms with E-state index in [1.807, 2.05) is 6.92 Å². The zero-order valence-electron chi connectivity index (χ0n) is 9.72. The van der Waals surface area contributed by atoms with Crippen molar-refractivity contribution in [2.75, 3.05) is 5.43 Å². The molecule has 18 heavy (non-hydrogen) atoms. The molecule has 0 saturated heterocycles. The van der Waals surface area contributed by atoms with Gasteiger partial charge in [0.1, 0.15) is 22.2 Å². The van der Waals surface area contributed by atoms with Gasteiger partial charge in [-0.3, -0.25) is 0 Å². The maximum Gasteiger partial charge on any atom is 0.147 e. The molecule has 7 heteroatoms. The fraction of sp³-hybridized carbons (Fsp3) is 0.182. The largest absolute Gasteiger partial charge is 0.308 e. The average Bonchev–Trinajstić information content (AvgIpc) is 2.41. The third-order valence-corrected chi connectivity index (χ3v) is 3.80. The number of hydrazine groups is 1. The Balaban J connectivity index is 2.37. The second-order valence-corrected chi connectivity index (χ2v) is 4.78. The molecule has 0 atom stereocenters. The SMILES string of the molecule is CCc1c(NN)ncnc1Sc1ncccc1Cl. The molecule has 2 heterocycles. The van der Waals surface area contributed by atoms with E-state index in [4.69, 9.17) is 17.4 Å². The molecule has 0 fully saturated rings. The van der Waals surface area contributed by atoms with Crippen LogP contribution >= 0.6 is 23.4 Å². The van der Waals surface area contributed by atoms with E-state index in [0.29, 0.717) is 10.8 Å². The van der Waals surface area contributed by atoms with Crippen LogP contribution in [0.2, 0.25) is 5.02 Å².